The van der Waals surface area contributed by atoms with Gasteiger partial charge in [-0.3, -0.25) is 9.59 Å². The molecular formula is C19H23N3O3. The Morgan fingerprint density at radius 2 is 2.16 bits per heavy atom. The largest absolute Gasteiger partial charge is 0.381 e. The van der Waals surface area contributed by atoms with Crippen molar-refractivity contribution in [3.63, 3.8) is 0 Å². The molecule has 1 aromatic heterocycles. The number of carbonyl (C=O) groups excluding carboxylic acids is 1. The Hall–Kier alpha value is -2.47. The molecule has 2 N–H and O–H groups in total. The van der Waals surface area contributed by atoms with Crippen molar-refractivity contribution >= 4 is 5.91 Å². The summed E-state index contributed by atoms with van der Waals surface area (Å²) >= 11 is 0. The molecule has 1 aromatic carbocycles. The van der Waals surface area contributed by atoms with E-state index in [1.165, 1.54) is 6.20 Å². The molecular weight excluding hydrogens is 318 g/mol. The maximum atomic E-state index is 12.2. The van der Waals surface area contributed by atoms with Gasteiger partial charge in [0, 0.05) is 31.5 Å². The molecule has 6 heteroatoms. The third-order valence-corrected chi connectivity index (χ3v) is 4.47. The summed E-state index contributed by atoms with van der Waals surface area (Å²) in [6, 6.07) is 7.68. The highest BCUT2D eigenvalue weighted by Gasteiger charge is 2.16. The fraction of sp³-hybridized carbons (Fsp3) is 0.421. The average Bonchev–Trinajstić information content (AvgIpc) is 3.12. The Labute approximate surface area is 146 Å². The number of amides is 1. The quantitative estimate of drug-likeness (QED) is 0.790. The Morgan fingerprint density at radius 1 is 1.36 bits per heavy atom. The summed E-state index contributed by atoms with van der Waals surface area (Å²) < 4.78 is 5.33. The van der Waals surface area contributed by atoms with Crippen LogP contribution in [0.4, 0.5) is 0 Å². The number of nitrogens with one attached hydrogen (secondary N) is 2. The predicted molar refractivity (Wildman–Crippen MR) is 95.5 cm³/mol. The molecule has 2 aromatic rings. The molecule has 1 saturated heterocycles. The molecule has 0 radical (unpaired) electrons. The Kier molecular flexibility index (Phi) is 5.60. The number of aromatic amines is 1. The van der Waals surface area contributed by atoms with E-state index in [4.69, 9.17) is 4.74 Å². The molecule has 0 aliphatic carbocycles. The van der Waals surface area contributed by atoms with Crippen molar-refractivity contribution in [2.75, 3.05) is 19.8 Å². The highest BCUT2D eigenvalue weighted by molar-refractivity contribution is 5.93. The van der Waals surface area contributed by atoms with Gasteiger partial charge in [0.25, 0.3) is 11.5 Å². The lowest BCUT2D eigenvalue weighted by Gasteiger charge is -2.08. The maximum absolute atomic E-state index is 12.2. The van der Waals surface area contributed by atoms with Crippen LogP contribution in [0, 0.1) is 12.8 Å². The molecule has 1 unspecified atom stereocenters. The number of nitrogens with zero attached hydrogens (tertiary/aromatic N) is 1. The van der Waals surface area contributed by atoms with E-state index >= 15 is 0 Å². The van der Waals surface area contributed by atoms with E-state index in [2.05, 4.69) is 15.3 Å². The van der Waals surface area contributed by atoms with Gasteiger partial charge in [0.05, 0.1) is 0 Å². The van der Waals surface area contributed by atoms with Gasteiger partial charge in [-0.05, 0) is 32.1 Å². The average molecular weight is 341 g/mol. The topological polar surface area (TPSA) is 84.1 Å². The van der Waals surface area contributed by atoms with Crippen molar-refractivity contribution in [1.82, 2.24) is 15.3 Å². The molecule has 1 aliphatic heterocycles. The highest BCUT2D eigenvalue weighted by atomic mass is 16.5. The number of rotatable bonds is 6. The van der Waals surface area contributed by atoms with E-state index in [9.17, 15) is 9.59 Å². The third kappa shape index (κ3) is 4.54. The second kappa shape index (κ2) is 8.07. The highest BCUT2D eigenvalue weighted by Crippen LogP contribution is 2.17. The van der Waals surface area contributed by atoms with Crippen molar-refractivity contribution in [3.8, 4) is 11.4 Å². The first-order valence-electron chi connectivity index (χ1n) is 8.66. The number of H-pyrrole nitrogens is 1. The van der Waals surface area contributed by atoms with Crippen LogP contribution in [0.15, 0.2) is 35.3 Å². The van der Waals surface area contributed by atoms with Gasteiger partial charge in [-0.1, -0.05) is 29.8 Å². The van der Waals surface area contributed by atoms with Gasteiger partial charge < -0.3 is 15.0 Å². The van der Waals surface area contributed by atoms with E-state index in [0.29, 0.717) is 18.3 Å². The fourth-order valence-corrected chi connectivity index (χ4v) is 2.91. The first-order valence-corrected chi connectivity index (χ1v) is 8.66. The van der Waals surface area contributed by atoms with Crippen LogP contribution >= 0.6 is 0 Å². The van der Waals surface area contributed by atoms with Crippen molar-refractivity contribution in [2.45, 2.75) is 26.2 Å². The van der Waals surface area contributed by atoms with E-state index in [1.54, 1.807) is 0 Å². The lowest BCUT2D eigenvalue weighted by molar-refractivity contribution is 0.0950. The molecule has 25 heavy (non-hydrogen) atoms. The van der Waals surface area contributed by atoms with Gasteiger partial charge in [-0.25, -0.2) is 4.98 Å². The zero-order valence-corrected chi connectivity index (χ0v) is 14.4. The monoisotopic (exact) mass is 341 g/mol. The Morgan fingerprint density at radius 3 is 2.84 bits per heavy atom. The van der Waals surface area contributed by atoms with Gasteiger partial charge in [0.1, 0.15) is 11.4 Å². The molecule has 1 aliphatic rings. The number of ether oxygens (including phenoxy) is 1. The molecule has 6 nitrogen and oxygen atoms in total. The van der Waals surface area contributed by atoms with Crippen LogP contribution in [0.3, 0.4) is 0 Å². The number of aryl methyl sites for hydroxylation is 1. The smallest absolute Gasteiger partial charge is 0.264 e. The second-order valence-corrected chi connectivity index (χ2v) is 6.47. The second-order valence-electron chi connectivity index (χ2n) is 6.47. The minimum absolute atomic E-state index is 0.0417. The summed E-state index contributed by atoms with van der Waals surface area (Å²) in [5, 5.41) is 2.79. The zero-order chi connectivity index (χ0) is 17.6. The minimum atomic E-state index is -0.424. The van der Waals surface area contributed by atoms with E-state index in [1.807, 2.05) is 31.2 Å². The molecule has 1 fully saturated rings. The summed E-state index contributed by atoms with van der Waals surface area (Å²) in [6.45, 7) is 4.20. The SMILES string of the molecule is Cc1ccc(-c2ncc(C(=O)NCCCC3CCOC3)c(=O)[nH]2)cc1. The number of carbonyl (C=O) groups is 1. The lowest BCUT2D eigenvalue weighted by Crippen LogP contribution is -2.31. The van der Waals surface area contributed by atoms with Crippen molar-refractivity contribution in [1.29, 1.82) is 0 Å². The molecule has 0 spiro atoms. The first kappa shape index (κ1) is 17.4. The summed E-state index contributed by atoms with van der Waals surface area (Å²) in [5.41, 5.74) is 1.56. The van der Waals surface area contributed by atoms with E-state index in [0.717, 1.165) is 43.6 Å². The van der Waals surface area contributed by atoms with Crippen molar-refractivity contribution < 1.29 is 9.53 Å². The normalized spacial score (nSPS) is 16.8. The van der Waals surface area contributed by atoms with Gasteiger partial charge in [0.15, 0.2) is 0 Å². The maximum Gasteiger partial charge on any atom is 0.264 e. The van der Waals surface area contributed by atoms with E-state index in [-0.39, 0.29) is 11.5 Å². The van der Waals surface area contributed by atoms with Crippen LogP contribution in [-0.2, 0) is 4.74 Å². The van der Waals surface area contributed by atoms with Crippen molar-refractivity contribution in [2.24, 2.45) is 5.92 Å². The van der Waals surface area contributed by atoms with Crippen LogP contribution in [-0.4, -0.2) is 35.6 Å². The molecule has 0 bridgehead atoms. The minimum Gasteiger partial charge on any atom is -0.381 e. The Balaban J connectivity index is 1.57. The van der Waals surface area contributed by atoms with Crippen molar-refractivity contribution in [3.05, 3.63) is 51.9 Å². The van der Waals surface area contributed by atoms with Crippen LogP contribution in [0.2, 0.25) is 0 Å². The zero-order valence-electron chi connectivity index (χ0n) is 14.4. The van der Waals surface area contributed by atoms with Crippen LogP contribution < -0.4 is 10.9 Å². The third-order valence-electron chi connectivity index (χ3n) is 4.47. The van der Waals surface area contributed by atoms with Gasteiger partial charge >= 0.3 is 0 Å². The van der Waals surface area contributed by atoms with E-state index < -0.39 is 5.56 Å². The summed E-state index contributed by atoms with van der Waals surface area (Å²) in [7, 11) is 0. The number of aromatic nitrogens is 2. The van der Waals surface area contributed by atoms with Crippen LogP contribution in [0.1, 0.15) is 35.2 Å². The fourth-order valence-electron chi connectivity index (χ4n) is 2.91. The molecule has 2 heterocycles. The predicted octanol–water partition coefficient (Wildman–Crippen LogP) is 2.29. The molecule has 1 amide bonds. The standard InChI is InChI=1S/C19H23N3O3/c1-13-4-6-15(7-5-13)17-21-11-16(19(24)22-17)18(23)20-9-2-3-14-8-10-25-12-14/h4-7,11,14H,2-3,8-10,12H2,1H3,(H,20,23)(H,21,22,24). The summed E-state index contributed by atoms with van der Waals surface area (Å²) in [5.74, 6) is 0.672. The molecule has 3 rings (SSSR count). The lowest BCUT2D eigenvalue weighted by atomic mass is 10.0. The molecule has 132 valence electrons. The number of benzene rings is 1. The number of hydrogen-bond acceptors (Lipinski definition) is 4. The first-order chi connectivity index (χ1) is 12.1. The van der Waals surface area contributed by atoms with Crippen LogP contribution in [0.5, 0.6) is 0 Å². The van der Waals surface area contributed by atoms with Gasteiger partial charge in [-0.15, -0.1) is 0 Å². The number of hydrogen-bond donors (Lipinski definition) is 2. The van der Waals surface area contributed by atoms with Crippen LogP contribution in [0.25, 0.3) is 11.4 Å². The summed E-state index contributed by atoms with van der Waals surface area (Å²) in [6.07, 6.45) is 4.35. The molecule has 1 atom stereocenters. The van der Waals surface area contributed by atoms with Gasteiger partial charge in [-0.2, -0.15) is 0 Å². The Bertz CT molecular complexity index is 777. The summed E-state index contributed by atoms with van der Waals surface area (Å²) in [4.78, 5) is 31.3. The van der Waals surface area contributed by atoms with Gasteiger partial charge in [0.2, 0.25) is 0 Å². The molecule has 0 saturated carbocycles.